The summed E-state index contributed by atoms with van der Waals surface area (Å²) in [6.07, 6.45) is 2.68. The molecule has 0 aliphatic carbocycles. The quantitative estimate of drug-likeness (QED) is 0.721. The molecule has 0 atom stereocenters. The molecule has 1 amide bonds. The minimum absolute atomic E-state index is 0.0238. The molecule has 0 unspecified atom stereocenters. The van der Waals surface area contributed by atoms with Crippen LogP contribution < -0.4 is 5.32 Å². The Morgan fingerprint density at radius 1 is 1.75 bits per heavy atom. The van der Waals surface area contributed by atoms with Crippen molar-refractivity contribution in [1.82, 2.24) is 10.3 Å². The Hall–Kier alpha value is -1.32. The number of nitrogens with one attached hydrogen (secondary N) is 1. The van der Waals surface area contributed by atoms with E-state index in [0.29, 0.717) is 18.7 Å². The van der Waals surface area contributed by atoms with Gasteiger partial charge in [-0.05, 0) is 0 Å². The fourth-order valence-corrected chi connectivity index (χ4v) is 0.890. The second-order valence-corrected chi connectivity index (χ2v) is 2.53. The number of nitrogens with zero attached hydrogens (tertiary/aromatic N) is 1. The number of oxazole rings is 1. The van der Waals surface area contributed by atoms with E-state index in [0.717, 1.165) is 5.69 Å². The van der Waals surface area contributed by atoms with Crippen LogP contribution in [0.2, 0.25) is 0 Å². The highest BCUT2D eigenvalue weighted by Gasteiger charge is 2.02. The molecule has 4 nitrogen and oxygen atoms in total. The van der Waals surface area contributed by atoms with E-state index < -0.39 is 0 Å². The third-order valence-corrected chi connectivity index (χ3v) is 1.55. The number of carbonyl (C=O) groups is 1. The lowest BCUT2D eigenvalue weighted by Crippen LogP contribution is -2.17. The molecule has 0 aliphatic heterocycles. The van der Waals surface area contributed by atoms with Gasteiger partial charge in [-0.3, -0.25) is 4.79 Å². The van der Waals surface area contributed by atoms with Crippen molar-refractivity contribution in [2.24, 2.45) is 0 Å². The van der Waals surface area contributed by atoms with Gasteiger partial charge in [0.15, 0.2) is 5.89 Å². The minimum Gasteiger partial charge on any atom is -0.449 e. The van der Waals surface area contributed by atoms with Gasteiger partial charge in [0.25, 0.3) is 0 Å². The monoisotopic (exact) mass is 168 g/mol. The maximum atomic E-state index is 10.8. The van der Waals surface area contributed by atoms with E-state index in [2.05, 4.69) is 10.3 Å². The maximum absolute atomic E-state index is 10.8. The Labute approximate surface area is 71.0 Å². The van der Waals surface area contributed by atoms with Crippen molar-refractivity contribution in [3.63, 3.8) is 0 Å². The highest BCUT2D eigenvalue weighted by atomic mass is 16.3. The zero-order chi connectivity index (χ0) is 8.97. The van der Waals surface area contributed by atoms with E-state index in [4.69, 9.17) is 4.42 Å². The normalized spacial score (nSPS) is 9.83. The molecule has 0 fully saturated rings. The first-order valence-electron chi connectivity index (χ1n) is 3.84. The van der Waals surface area contributed by atoms with Crippen molar-refractivity contribution in [1.29, 1.82) is 0 Å². The van der Waals surface area contributed by atoms with Crippen LogP contribution >= 0.6 is 0 Å². The average molecular weight is 168 g/mol. The number of hydrogen-bond donors (Lipinski definition) is 1. The number of hydrogen-bond acceptors (Lipinski definition) is 3. The molecule has 12 heavy (non-hydrogen) atoms. The van der Waals surface area contributed by atoms with Crippen molar-refractivity contribution in [3.05, 3.63) is 17.8 Å². The summed E-state index contributed by atoms with van der Waals surface area (Å²) in [5.41, 5.74) is 0.830. The van der Waals surface area contributed by atoms with E-state index in [1.54, 1.807) is 20.2 Å². The Morgan fingerprint density at radius 3 is 3.00 bits per heavy atom. The van der Waals surface area contributed by atoms with Gasteiger partial charge in [-0.15, -0.1) is 0 Å². The Kier molecular flexibility index (Phi) is 2.85. The van der Waals surface area contributed by atoms with Crippen LogP contribution in [0, 0.1) is 6.92 Å². The molecule has 0 aliphatic rings. The molecule has 0 radical (unpaired) electrons. The molecule has 1 rings (SSSR count). The molecule has 0 aromatic carbocycles. The summed E-state index contributed by atoms with van der Waals surface area (Å²) >= 11 is 0. The highest BCUT2D eigenvalue weighted by Crippen LogP contribution is 2.02. The van der Waals surface area contributed by atoms with Crippen LogP contribution in [0.4, 0.5) is 0 Å². The molecular weight excluding hydrogens is 156 g/mol. The third kappa shape index (κ3) is 2.38. The van der Waals surface area contributed by atoms with Gasteiger partial charge < -0.3 is 9.73 Å². The van der Waals surface area contributed by atoms with Gasteiger partial charge in [-0.1, -0.05) is 0 Å². The van der Waals surface area contributed by atoms with Crippen LogP contribution in [0.3, 0.4) is 0 Å². The van der Waals surface area contributed by atoms with Gasteiger partial charge in [-0.25, -0.2) is 4.98 Å². The van der Waals surface area contributed by atoms with E-state index in [9.17, 15) is 4.79 Å². The zero-order valence-corrected chi connectivity index (χ0v) is 7.26. The van der Waals surface area contributed by atoms with Crippen LogP contribution in [0.15, 0.2) is 10.7 Å². The molecule has 1 aromatic heterocycles. The standard InChI is InChI=1S/C8H12N2O2/c1-6-10-7(5-12-6)3-4-8(11)9-2/h5H,3-4H2,1-2H3,(H,9,11). The maximum Gasteiger partial charge on any atom is 0.220 e. The summed E-state index contributed by atoms with van der Waals surface area (Å²) < 4.78 is 4.99. The van der Waals surface area contributed by atoms with Gasteiger partial charge in [0, 0.05) is 26.8 Å². The van der Waals surface area contributed by atoms with Crippen molar-refractivity contribution >= 4 is 5.91 Å². The van der Waals surface area contributed by atoms with Crippen molar-refractivity contribution in [3.8, 4) is 0 Å². The Balaban J connectivity index is 2.38. The van der Waals surface area contributed by atoms with Crippen LogP contribution in [0.1, 0.15) is 18.0 Å². The highest BCUT2D eigenvalue weighted by molar-refractivity contribution is 5.75. The lowest BCUT2D eigenvalue weighted by atomic mass is 10.2. The number of carbonyl (C=O) groups excluding carboxylic acids is 1. The van der Waals surface area contributed by atoms with Gasteiger partial charge in [0.2, 0.25) is 5.91 Å². The SMILES string of the molecule is CNC(=O)CCc1coc(C)n1. The predicted molar refractivity (Wildman–Crippen MR) is 43.6 cm³/mol. The van der Waals surface area contributed by atoms with E-state index in [1.807, 2.05) is 0 Å². The Morgan fingerprint density at radius 2 is 2.50 bits per heavy atom. The second kappa shape index (κ2) is 3.90. The van der Waals surface area contributed by atoms with E-state index in [1.165, 1.54) is 0 Å². The van der Waals surface area contributed by atoms with Crippen molar-refractivity contribution in [2.75, 3.05) is 7.05 Å². The van der Waals surface area contributed by atoms with Crippen LogP contribution in [-0.2, 0) is 11.2 Å². The molecule has 66 valence electrons. The van der Waals surface area contributed by atoms with Gasteiger partial charge in [0.1, 0.15) is 6.26 Å². The molecule has 1 aromatic rings. The molecule has 4 heteroatoms. The zero-order valence-electron chi connectivity index (χ0n) is 7.26. The number of aryl methyl sites for hydroxylation is 2. The molecule has 0 saturated heterocycles. The second-order valence-electron chi connectivity index (χ2n) is 2.53. The number of rotatable bonds is 3. The van der Waals surface area contributed by atoms with Gasteiger partial charge in [0.05, 0.1) is 5.69 Å². The average Bonchev–Trinajstić information content (AvgIpc) is 2.47. The molecular formula is C8H12N2O2. The summed E-state index contributed by atoms with van der Waals surface area (Å²) in [6, 6.07) is 0. The molecule has 1 heterocycles. The molecule has 0 bridgehead atoms. The fraction of sp³-hybridized carbons (Fsp3) is 0.500. The first-order valence-corrected chi connectivity index (χ1v) is 3.84. The summed E-state index contributed by atoms with van der Waals surface area (Å²) in [5.74, 6) is 0.664. The van der Waals surface area contributed by atoms with Crippen molar-refractivity contribution < 1.29 is 9.21 Å². The molecule has 0 spiro atoms. The first-order chi connectivity index (χ1) is 5.72. The summed E-state index contributed by atoms with van der Waals surface area (Å²) in [4.78, 5) is 14.9. The number of aromatic nitrogens is 1. The minimum atomic E-state index is 0.0238. The lowest BCUT2D eigenvalue weighted by molar-refractivity contribution is -0.120. The summed E-state index contributed by atoms with van der Waals surface area (Å²) in [6.45, 7) is 1.78. The number of amides is 1. The van der Waals surface area contributed by atoms with Crippen LogP contribution in [-0.4, -0.2) is 17.9 Å². The fourth-order valence-electron chi connectivity index (χ4n) is 0.890. The molecule has 1 N–H and O–H groups in total. The van der Waals surface area contributed by atoms with Crippen LogP contribution in [0.5, 0.6) is 0 Å². The summed E-state index contributed by atoms with van der Waals surface area (Å²) in [5, 5.41) is 2.54. The largest absolute Gasteiger partial charge is 0.449 e. The van der Waals surface area contributed by atoms with Crippen LogP contribution in [0.25, 0.3) is 0 Å². The topological polar surface area (TPSA) is 55.1 Å². The van der Waals surface area contributed by atoms with E-state index in [-0.39, 0.29) is 5.91 Å². The van der Waals surface area contributed by atoms with Crippen molar-refractivity contribution in [2.45, 2.75) is 19.8 Å². The van der Waals surface area contributed by atoms with Gasteiger partial charge in [-0.2, -0.15) is 0 Å². The van der Waals surface area contributed by atoms with Gasteiger partial charge >= 0.3 is 0 Å². The summed E-state index contributed by atoms with van der Waals surface area (Å²) in [7, 11) is 1.62. The Bertz CT molecular complexity index is 268. The third-order valence-electron chi connectivity index (χ3n) is 1.55. The first kappa shape index (κ1) is 8.77. The smallest absolute Gasteiger partial charge is 0.220 e. The predicted octanol–water partition coefficient (Wildman–Crippen LogP) is 0.662. The lowest BCUT2D eigenvalue weighted by Gasteiger charge is -1.94. The molecule has 0 saturated carbocycles. The van der Waals surface area contributed by atoms with E-state index >= 15 is 0 Å².